The summed E-state index contributed by atoms with van der Waals surface area (Å²) in [5.41, 5.74) is 0.939. The molecule has 108 valence electrons. The highest BCUT2D eigenvalue weighted by molar-refractivity contribution is 9.10. The molecule has 1 amide bonds. The van der Waals surface area contributed by atoms with E-state index in [0.717, 1.165) is 0 Å². The van der Waals surface area contributed by atoms with Crippen molar-refractivity contribution in [2.45, 2.75) is 6.92 Å². The number of pyridine rings is 1. The summed E-state index contributed by atoms with van der Waals surface area (Å²) < 4.78 is 0.604. The minimum absolute atomic E-state index is 0.0531. The molecule has 1 N–H and O–H groups in total. The van der Waals surface area contributed by atoms with Crippen molar-refractivity contribution < 1.29 is 9.72 Å². The van der Waals surface area contributed by atoms with E-state index in [1.54, 1.807) is 19.1 Å². The van der Waals surface area contributed by atoms with Gasteiger partial charge in [-0.1, -0.05) is 17.7 Å². The number of carbonyl (C=O) groups is 1. The molecule has 0 atom stereocenters. The Bertz CT molecular complexity index is 737. The van der Waals surface area contributed by atoms with E-state index in [2.05, 4.69) is 26.2 Å². The van der Waals surface area contributed by atoms with Gasteiger partial charge >= 0.3 is 0 Å². The average molecular weight is 371 g/mol. The summed E-state index contributed by atoms with van der Waals surface area (Å²) >= 11 is 9.06. The van der Waals surface area contributed by atoms with Gasteiger partial charge in [-0.05, 0) is 35.0 Å². The molecule has 0 radical (unpaired) electrons. The highest BCUT2D eigenvalue weighted by Crippen LogP contribution is 2.24. The summed E-state index contributed by atoms with van der Waals surface area (Å²) in [7, 11) is 0. The first-order valence-electron chi connectivity index (χ1n) is 5.76. The van der Waals surface area contributed by atoms with E-state index in [9.17, 15) is 14.9 Å². The molecular formula is C13H9BrClN3O3. The van der Waals surface area contributed by atoms with Crippen LogP contribution in [0.15, 0.2) is 34.9 Å². The molecule has 0 aliphatic heterocycles. The van der Waals surface area contributed by atoms with Crippen molar-refractivity contribution in [1.29, 1.82) is 0 Å². The van der Waals surface area contributed by atoms with E-state index in [-0.39, 0.29) is 16.4 Å². The Hall–Kier alpha value is -1.99. The number of hydrogen-bond donors (Lipinski definition) is 1. The molecule has 0 saturated carbocycles. The smallest absolute Gasteiger partial charge is 0.274 e. The van der Waals surface area contributed by atoms with Gasteiger partial charge in [-0.3, -0.25) is 14.9 Å². The molecule has 0 fully saturated rings. The fourth-order valence-corrected chi connectivity index (χ4v) is 2.18. The molecule has 1 heterocycles. The van der Waals surface area contributed by atoms with E-state index < -0.39 is 10.8 Å². The van der Waals surface area contributed by atoms with Crippen LogP contribution >= 0.6 is 27.5 Å². The second kappa shape index (κ2) is 6.19. The number of nitrogens with one attached hydrogen (secondary N) is 1. The molecule has 8 heteroatoms. The van der Waals surface area contributed by atoms with Gasteiger partial charge in [0.25, 0.3) is 11.6 Å². The third-order valence-electron chi connectivity index (χ3n) is 2.71. The Morgan fingerprint density at radius 3 is 2.81 bits per heavy atom. The van der Waals surface area contributed by atoms with Crippen molar-refractivity contribution in [3.05, 3.63) is 61.3 Å². The number of nitrogens with zero attached hydrogens (tertiary/aromatic N) is 2. The van der Waals surface area contributed by atoms with Crippen molar-refractivity contribution in [3.63, 3.8) is 0 Å². The van der Waals surface area contributed by atoms with Gasteiger partial charge in [0, 0.05) is 28.0 Å². The number of aryl methyl sites for hydroxylation is 1. The molecule has 6 nitrogen and oxygen atoms in total. The third kappa shape index (κ3) is 3.56. The number of carbonyl (C=O) groups excluding carboxylic acids is 1. The highest BCUT2D eigenvalue weighted by atomic mass is 79.9. The molecule has 0 saturated heterocycles. The minimum atomic E-state index is -0.501. The number of halogens is 2. The minimum Gasteiger partial charge on any atom is -0.322 e. The number of nitro benzene ring substituents is 1. The van der Waals surface area contributed by atoms with Crippen molar-refractivity contribution in [2.75, 3.05) is 5.32 Å². The quantitative estimate of drug-likeness (QED) is 0.503. The lowest BCUT2D eigenvalue weighted by Gasteiger charge is -2.07. The Labute approximate surface area is 133 Å². The van der Waals surface area contributed by atoms with Gasteiger partial charge in [0.2, 0.25) is 0 Å². The van der Waals surface area contributed by atoms with Crippen LogP contribution in [0.1, 0.15) is 15.9 Å². The SMILES string of the molecule is Cc1ccc(NC(=O)c2cc(Br)cnc2Cl)cc1[N+](=O)[O-]. The number of amides is 1. The largest absolute Gasteiger partial charge is 0.322 e. The maximum Gasteiger partial charge on any atom is 0.274 e. The molecule has 0 aliphatic carbocycles. The first-order valence-corrected chi connectivity index (χ1v) is 6.93. The molecule has 0 spiro atoms. The molecule has 0 bridgehead atoms. The zero-order valence-corrected chi connectivity index (χ0v) is 13.1. The number of benzene rings is 1. The van der Waals surface area contributed by atoms with Gasteiger partial charge in [0.15, 0.2) is 0 Å². The maximum atomic E-state index is 12.1. The van der Waals surface area contributed by atoms with E-state index >= 15 is 0 Å². The molecule has 2 aromatic rings. The topological polar surface area (TPSA) is 85.1 Å². The fraction of sp³-hybridized carbons (Fsp3) is 0.0769. The lowest BCUT2D eigenvalue weighted by atomic mass is 10.2. The first-order chi connectivity index (χ1) is 9.88. The van der Waals surface area contributed by atoms with E-state index in [4.69, 9.17) is 11.6 Å². The Balaban J connectivity index is 2.29. The lowest BCUT2D eigenvalue weighted by molar-refractivity contribution is -0.385. The van der Waals surface area contributed by atoms with Crippen molar-refractivity contribution in [2.24, 2.45) is 0 Å². The Kier molecular flexibility index (Phi) is 4.54. The van der Waals surface area contributed by atoms with Gasteiger partial charge in [0.1, 0.15) is 5.15 Å². The maximum absolute atomic E-state index is 12.1. The van der Waals surface area contributed by atoms with Crippen LogP contribution in [-0.2, 0) is 0 Å². The predicted molar refractivity (Wildman–Crippen MR) is 82.7 cm³/mol. The number of nitro groups is 1. The molecule has 0 unspecified atom stereocenters. The molecular weight excluding hydrogens is 362 g/mol. The van der Waals surface area contributed by atoms with Gasteiger partial charge in [-0.2, -0.15) is 0 Å². The summed E-state index contributed by atoms with van der Waals surface area (Å²) in [6.07, 6.45) is 1.47. The normalized spacial score (nSPS) is 10.2. The van der Waals surface area contributed by atoms with Crippen LogP contribution in [0.5, 0.6) is 0 Å². The van der Waals surface area contributed by atoms with Crippen LogP contribution in [0.3, 0.4) is 0 Å². The zero-order chi connectivity index (χ0) is 15.6. The Morgan fingerprint density at radius 2 is 2.14 bits per heavy atom. The number of aromatic nitrogens is 1. The van der Waals surface area contributed by atoms with Crippen LogP contribution in [0.4, 0.5) is 11.4 Å². The average Bonchev–Trinajstić information content (AvgIpc) is 2.43. The summed E-state index contributed by atoms with van der Waals surface area (Å²) in [6.45, 7) is 1.62. The summed E-state index contributed by atoms with van der Waals surface area (Å²) in [5, 5.41) is 13.5. The first kappa shape index (κ1) is 15.4. The monoisotopic (exact) mass is 369 g/mol. The van der Waals surface area contributed by atoms with Gasteiger partial charge in [-0.25, -0.2) is 4.98 Å². The molecule has 21 heavy (non-hydrogen) atoms. The van der Waals surface area contributed by atoms with Crippen LogP contribution in [0.25, 0.3) is 0 Å². The van der Waals surface area contributed by atoms with Crippen LogP contribution < -0.4 is 5.32 Å². The summed E-state index contributed by atoms with van der Waals surface area (Å²) in [6, 6.07) is 5.97. The standard InChI is InChI=1S/C13H9BrClN3O3/c1-7-2-3-9(5-11(7)18(20)21)17-13(19)10-4-8(14)6-16-12(10)15/h2-6H,1H3,(H,17,19). The zero-order valence-electron chi connectivity index (χ0n) is 10.8. The van der Waals surface area contributed by atoms with E-state index in [0.29, 0.717) is 15.7 Å². The van der Waals surface area contributed by atoms with Gasteiger partial charge in [0.05, 0.1) is 10.5 Å². The van der Waals surface area contributed by atoms with Crippen molar-refractivity contribution in [3.8, 4) is 0 Å². The highest BCUT2D eigenvalue weighted by Gasteiger charge is 2.15. The second-order valence-corrected chi connectivity index (χ2v) is 5.48. The Morgan fingerprint density at radius 1 is 1.43 bits per heavy atom. The number of rotatable bonds is 3. The van der Waals surface area contributed by atoms with Crippen molar-refractivity contribution >= 4 is 44.8 Å². The molecule has 1 aromatic heterocycles. The number of anilines is 1. The summed E-state index contributed by atoms with van der Waals surface area (Å²) in [4.78, 5) is 26.4. The number of hydrogen-bond acceptors (Lipinski definition) is 4. The lowest BCUT2D eigenvalue weighted by Crippen LogP contribution is -2.13. The van der Waals surface area contributed by atoms with Gasteiger partial charge < -0.3 is 5.32 Å². The third-order valence-corrected chi connectivity index (χ3v) is 3.45. The van der Waals surface area contributed by atoms with Crippen LogP contribution in [0.2, 0.25) is 5.15 Å². The van der Waals surface area contributed by atoms with E-state index in [1.807, 2.05) is 0 Å². The second-order valence-electron chi connectivity index (χ2n) is 4.20. The molecule has 1 aromatic carbocycles. The van der Waals surface area contributed by atoms with Crippen molar-refractivity contribution in [1.82, 2.24) is 4.98 Å². The molecule has 0 aliphatic rings. The van der Waals surface area contributed by atoms with E-state index in [1.165, 1.54) is 18.3 Å². The predicted octanol–water partition coefficient (Wildman–Crippen LogP) is 3.97. The van der Waals surface area contributed by atoms with Crippen LogP contribution in [-0.4, -0.2) is 15.8 Å². The van der Waals surface area contributed by atoms with Crippen LogP contribution in [0, 0.1) is 17.0 Å². The fourth-order valence-electron chi connectivity index (χ4n) is 1.66. The summed E-state index contributed by atoms with van der Waals surface area (Å²) in [5.74, 6) is -0.494. The van der Waals surface area contributed by atoms with Gasteiger partial charge in [-0.15, -0.1) is 0 Å². The molecule has 2 rings (SSSR count).